The lowest BCUT2D eigenvalue weighted by Gasteiger charge is -2.12. The lowest BCUT2D eigenvalue weighted by Crippen LogP contribution is -2.08. The van der Waals surface area contributed by atoms with E-state index in [0.29, 0.717) is 17.0 Å². The molecule has 0 saturated carbocycles. The van der Waals surface area contributed by atoms with Crippen LogP contribution in [0.4, 0.5) is 17.5 Å². The summed E-state index contributed by atoms with van der Waals surface area (Å²) in [6.07, 6.45) is 3.68. The summed E-state index contributed by atoms with van der Waals surface area (Å²) in [4.78, 5) is 13.1. The van der Waals surface area contributed by atoms with Gasteiger partial charge in [-0.1, -0.05) is 12.1 Å². The lowest BCUT2D eigenvalue weighted by molar-refractivity contribution is 0.0593. The molecule has 23 heavy (non-hydrogen) atoms. The molecule has 0 radical (unpaired) electrons. The van der Waals surface area contributed by atoms with Gasteiger partial charge < -0.3 is 15.8 Å². The average Bonchev–Trinajstić information content (AvgIpc) is 3.18. The molecule has 0 amide bonds. The second kappa shape index (κ2) is 5.78. The van der Waals surface area contributed by atoms with Gasteiger partial charge in [0.05, 0.1) is 12.0 Å². The van der Waals surface area contributed by atoms with Crippen molar-refractivity contribution in [3.63, 3.8) is 0 Å². The van der Waals surface area contributed by atoms with Crippen molar-refractivity contribution >= 4 is 44.5 Å². The van der Waals surface area contributed by atoms with Gasteiger partial charge in [0.25, 0.3) is 0 Å². The Morgan fingerprint density at radius 3 is 2.96 bits per heavy atom. The number of hydrogen-bond donors (Lipinski definition) is 2. The Labute approximate surface area is 141 Å². The van der Waals surface area contributed by atoms with Gasteiger partial charge in [0.1, 0.15) is 6.23 Å². The predicted molar refractivity (Wildman–Crippen MR) is 91.4 cm³/mol. The van der Waals surface area contributed by atoms with E-state index in [1.165, 1.54) is 0 Å². The lowest BCUT2D eigenvalue weighted by atomic mass is 10.3. The number of nitrogens with one attached hydrogen (secondary N) is 1. The Balaban J connectivity index is 1.79. The number of para-hydroxylation sites is 1. The van der Waals surface area contributed by atoms with Crippen LogP contribution in [-0.2, 0) is 4.74 Å². The van der Waals surface area contributed by atoms with E-state index in [4.69, 9.17) is 10.5 Å². The third kappa shape index (κ3) is 2.64. The maximum Gasteiger partial charge on any atom is 0.224 e. The molecule has 4 rings (SSSR count). The number of nitrogens with two attached hydrogens (primary N) is 1. The van der Waals surface area contributed by atoms with Crippen LogP contribution in [0.2, 0.25) is 0 Å². The molecular weight excluding hydrogens is 360 g/mol. The standard InChI is InChI=1S/C15H15BrN6O/c16-9-4-1-2-5-10(9)19-13-12-14(21-15(17)20-13)22(8-18-12)11-6-3-7-23-11/h1-2,4-5,8,11H,3,6-7H2,(H3,17,19,20,21). The number of benzene rings is 1. The topological polar surface area (TPSA) is 90.9 Å². The number of nitrogens with zero attached hydrogens (tertiary/aromatic N) is 4. The van der Waals surface area contributed by atoms with Gasteiger partial charge in [-0.25, -0.2) is 4.98 Å². The zero-order chi connectivity index (χ0) is 15.8. The van der Waals surface area contributed by atoms with Gasteiger partial charge >= 0.3 is 0 Å². The Kier molecular flexibility index (Phi) is 3.62. The highest BCUT2D eigenvalue weighted by Gasteiger charge is 2.22. The fourth-order valence-electron chi connectivity index (χ4n) is 2.70. The second-order valence-electron chi connectivity index (χ2n) is 5.33. The smallest absolute Gasteiger partial charge is 0.224 e. The maximum absolute atomic E-state index is 5.89. The molecule has 0 aliphatic carbocycles. The SMILES string of the molecule is Nc1nc(Nc2ccccc2Br)c2ncn(C3CCCO3)c2n1. The first-order valence-electron chi connectivity index (χ1n) is 7.35. The molecule has 1 aliphatic heterocycles. The summed E-state index contributed by atoms with van der Waals surface area (Å²) in [7, 11) is 0. The van der Waals surface area contributed by atoms with Crippen LogP contribution < -0.4 is 11.1 Å². The maximum atomic E-state index is 5.89. The van der Waals surface area contributed by atoms with Gasteiger partial charge in [0.2, 0.25) is 5.95 Å². The van der Waals surface area contributed by atoms with Crippen LogP contribution in [0.25, 0.3) is 11.2 Å². The first-order chi connectivity index (χ1) is 11.2. The van der Waals surface area contributed by atoms with Crippen molar-refractivity contribution in [1.29, 1.82) is 0 Å². The molecule has 7 nitrogen and oxygen atoms in total. The highest BCUT2D eigenvalue weighted by molar-refractivity contribution is 9.10. The quantitative estimate of drug-likeness (QED) is 0.731. The molecule has 1 unspecified atom stereocenters. The monoisotopic (exact) mass is 374 g/mol. The number of imidazole rings is 1. The molecule has 0 bridgehead atoms. The molecule has 0 spiro atoms. The molecule has 3 heterocycles. The van der Waals surface area contributed by atoms with E-state index in [0.717, 1.165) is 29.6 Å². The fraction of sp³-hybridized carbons (Fsp3) is 0.267. The van der Waals surface area contributed by atoms with E-state index in [1.807, 2.05) is 28.8 Å². The number of halogens is 1. The van der Waals surface area contributed by atoms with Crippen LogP contribution >= 0.6 is 15.9 Å². The minimum absolute atomic E-state index is 0.0365. The fourth-order valence-corrected chi connectivity index (χ4v) is 3.09. The van der Waals surface area contributed by atoms with Crippen LogP contribution in [0.5, 0.6) is 0 Å². The van der Waals surface area contributed by atoms with Crippen molar-refractivity contribution < 1.29 is 4.74 Å². The van der Waals surface area contributed by atoms with Crippen LogP contribution in [0.15, 0.2) is 35.1 Å². The number of hydrogen-bond acceptors (Lipinski definition) is 6. The van der Waals surface area contributed by atoms with Crippen molar-refractivity contribution in [2.24, 2.45) is 0 Å². The summed E-state index contributed by atoms with van der Waals surface area (Å²) < 4.78 is 8.57. The summed E-state index contributed by atoms with van der Waals surface area (Å²) in [5, 5.41) is 3.27. The molecule has 118 valence electrons. The molecule has 1 aliphatic rings. The van der Waals surface area contributed by atoms with Crippen molar-refractivity contribution in [3.8, 4) is 0 Å². The first-order valence-corrected chi connectivity index (χ1v) is 8.15. The zero-order valence-corrected chi connectivity index (χ0v) is 13.8. The van der Waals surface area contributed by atoms with Crippen molar-refractivity contribution in [3.05, 3.63) is 35.1 Å². The Morgan fingerprint density at radius 2 is 2.17 bits per heavy atom. The summed E-state index contributed by atoms with van der Waals surface area (Å²) in [6, 6.07) is 7.80. The molecular formula is C15H15BrN6O. The highest BCUT2D eigenvalue weighted by atomic mass is 79.9. The van der Waals surface area contributed by atoms with Gasteiger partial charge in [-0.05, 0) is 40.9 Å². The second-order valence-corrected chi connectivity index (χ2v) is 6.18. The van der Waals surface area contributed by atoms with Gasteiger partial charge in [-0.3, -0.25) is 4.57 Å². The number of anilines is 3. The van der Waals surface area contributed by atoms with E-state index < -0.39 is 0 Å². The number of ether oxygens (including phenoxy) is 1. The molecule has 1 fully saturated rings. The third-order valence-corrected chi connectivity index (χ3v) is 4.47. The van der Waals surface area contributed by atoms with Crippen LogP contribution in [0.1, 0.15) is 19.1 Å². The molecule has 1 aromatic carbocycles. The van der Waals surface area contributed by atoms with Gasteiger partial charge in [0, 0.05) is 11.1 Å². The predicted octanol–water partition coefficient (Wildman–Crippen LogP) is 3.22. The Morgan fingerprint density at radius 1 is 1.30 bits per heavy atom. The number of rotatable bonds is 3. The van der Waals surface area contributed by atoms with Crippen LogP contribution in [-0.4, -0.2) is 26.1 Å². The Bertz CT molecular complexity index is 858. The summed E-state index contributed by atoms with van der Waals surface area (Å²) in [5.41, 5.74) is 8.13. The van der Waals surface area contributed by atoms with Gasteiger partial charge in [-0.15, -0.1) is 0 Å². The average molecular weight is 375 g/mol. The summed E-state index contributed by atoms with van der Waals surface area (Å²) in [5.74, 6) is 0.781. The highest BCUT2D eigenvalue weighted by Crippen LogP contribution is 2.31. The summed E-state index contributed by atoms with van der Waals surface area (Å²) in [6.45, 7) is 0.757. The van der Waals surface area contributed by atoms with E-state index in [1.54, 1.807) is 6.33 Å². The Hall–Kier alpha value is -2.19. The van der Waals surface area contributed by atoms with E-state index in [2.05, 4.69) is 36.2 Å². The zero-order valence-electron chi connectivity index (χ0n) is 12.2. The van der Waals surface area contributed by atoms with E-state index in [-0.39, 0.29) is 12.2 Å². The number of aromatic nitrogens is 4. The molecule has 1 saturated heterocycles. The molecule has 1 atom stereocenters. The molecule has 3 aromatic rings. The first kappa shape index (κ1) is 14.4. The number of nitrogen functional groups attached to an aromatic ring is 1. The van der Waals surface area contributed by atoms with Crippen molar-refractivity contribution in [1.82, 2.24) is 19.5 Å². The largest absolute Gasteiger partial charge is 0.368 e. The summed E-state index contributed by atoms with van der Waals surface area (Å²) >= 11 is 3.51. The van der Waals surface area contributed by atoms with Crippen LogP contribution in [0, 0.1) is 0 Å². The van der Waals surface area contributed by atoms with Gasteiger partial charge in [0.15, 0.2) is 17.0 Å². The molecule has 2 aromatic heterocycles. The van der Waals surface area contributed by atoms with Crippen LogP contribution in [0.3, 0.4) is 0 Å². The molecule has 3 N–H and O–H groups in total. The van der Waals surface area contributed by atoms with E-state index >= 15 is 0 Å². The minimum Gasteiger partial charge on any atom is -0.368 e. The normalized spacial score (nSPS) is 17.7. The van der Waals surface area contributed by atoms with Gasteiger partial charge in [-0.2, -0.15) is 9.97 Å². The molecule has 8 heteroatoms. The van der Waals surface area contributed by atoms with Crippen molar-refractivity contribution in [2.75, 3.05) is 17.7 Å². The number of fused-ring (bicyclic) bond motifs is 1. The minimum atomic E-state index is -0.0365. The van der Waals surface area contributed by atoms with E-state index in [9.17, 15) is 0 Å². The third-order valence-electron chi connectivity index (χ3n) is 3.78. The van der Waals surface area contributed by atoms with Crippen molar-refractivity contribution in [2.45, 2.75) is 19.1 Å².